The molecule has 0 aliphatic carbocycles. The molecule has 14 heavy (non-hydrogen) atoms. The Labute approximate surface area is 82.3 Å². The quantitative estimate of drug-likeness (QED) is 0.661. The van der Waals surface area contributed by atoms with Crippen LogP contribution < -0.4 is 0 Å². The topological polar surface area (TPSA) is 52.1 Å². The van der Waals surface area contributed by atoms with Gasteiger partial charge in [0.05, 0.1) is 6.20 Å². The fraction of sp³-hybridized carbons (Fsp3) is 0.500. The molecule has 1 aromatic heterocycles. The molecule has 1 unspecified atom stereocenters. The van der Waals surface area contributed by atoms with E-state index in [1.807, 2.05) is 6.92 Å². The maximum atomic E-state index is 11.9. The zero-order valence-corrected chi connectivity index (χ0v) is 8.06. The second-order valence-electron chi connectivity index (χ2n) is 3.60. The van der Waals surface area contributed by atoms with Crippen LogP contribution in [0.5, 0.6) is 0 Å². The largest absolute Gasteiger partial charge is 0.367 e. The van der Waals surface area contributed by atoms with Crippen LogP contribution >= 0.6 is 0 Å². The third kappa shape index (κ3) is 1.53. The van der Waals surface area contributed by atoms with Crippen molar-refractivity contribution in [2.45, 2.75) is 25.4 Å². The average Bonchev–Trinajstić information content (AvgIpc) is 2.67. The monoisotopic (exact) mass is 192 g/mol. The molecule has 0 saturated carbocycles. The summed E-state index contributed by atoms with van der Waals surface area (Å²) in [4.78, 5) is 19.8. The SMILES string of the molecule is CC1(C(=O)c2cnccn2)CCCO1. The van der Waals surface area contributed by atoms with E-state index < -0.39 is 5.60 Å². The van der Waals surface area contributed by atoms with Crippen LogP contribution in [-0.2, 0) is 4.74 Å². The lowest BCUT2D eigenvalue weighted by atomic mass is 9.95. The first-order chi connectivity index (χ1) is 6.72. The molecular formula is C10H12N2O2. The van der Waals surface area contributed by atoms with Crippen molar-refractivity contribution in [1.29, 1.82) is 0 Å². The van der Waals surface area contributed by atoms with E-state index >= 15 is 0 Å². The number of ketones is 1. The number of carbonyl (C=O) groups excluding carboxylic acids is 1. The molecule has 0 amide bonds. The van der Waals surface area contributed by atoms with Gasteiger partial charge in [0, 0.05) is 19.0 Å². The van der Waals surface area contributed by atoms with Crippen molar-refractivity contribution < 1.29 is 9.53 Å². The molecule has 0 bridgehead atoms. The zero-order valence-electron chi connectivity index (χ0n) is 8.06. The van der Waals surface area contributed by atoms with Crippen LogP contribution in [-0.4, -0.2) is 28.0 Å². The molecule has 2 rings (SSSR count). The molecule has 1 saturated heterocycles. The number of carbonyl (C=O) groups is 1. The molecule has 2 heterocycles. The average molecular weight is 192 g/mol. The van der Waals surface area contributed by atoms with Gasteiger partial charge in [0.2, 0.25) is 5.78 Å². The number of aromatic nitrogens is 2. The van der Waals surface area contributed by atoms with Crippen molar-refractivity contribution in [1.82, 2.24) is 9.97 Å². The smallest absolute Gasteiger partial charge is 0.214 e. The standard InChI is InChI=1S/C10H12N2O2/c1-10(3-2-6-14-10)9(13)8-7-11-4-5-12-8/h4-5,7H,2-3,6H2,1H3. The van der Waals surface area contributed by atoms with E-state index in [1.54, 1.807) is 6.20 Å². The molecule has 1 atom stereocenters. The molecule has 1 aliphatic heterocycles. The summed E-state index contributed by atoms with van der Waals surface area (Å²) in [7, 11) is 0. The van der Waals surface area contributed by atoms with Crippen LogP contribution in [0.2, 0.25) is 0 Å². The van der Waals surface area contributed by atoms with Crippen molar-refractivity contribution in [2.75, 3.05) is 6.61 Å². The summed E-state index contributed by atoms with van der Waals surface area (Å²) in [6.07, 6.45) is 6.25. The van der Waals surface area contributed by atoms with Crippen molar-refractivity contribution in [3.05, 3.63) is 24.3 Å². The highest BCUT2D eigenvalue weighted by molar-refractivity contribution is 6.00. The molecule has 74 valence electrons. The van der Waals surface area contributed by atoms with Crippen LogP contribution in [0.1, 0.15) is 30.3 Å². The summed E-state index contributed by atoms with van der Waals surface area (Å²) in [5.74, 6) is -0.0666. The lowest BCUT2D eigenvalue weighted by Crippen LogP contribution is -2.34. The predicted octanol–water partition coefficient (Wildman–Crippen LogP) is 1.23. The van der Waals surface area contributed by atoms with E-state index in [-0.39, 0.29) is 5.78 Å². The van der Waals surface area contributed by atoms with Crippen molar-refractivity contribution in [3.63, 3.8) is 0 Å². The Morgan fingerprint density at radius 3 is 3.00 bits per heavy atom. The molecule has 1 aromatic rings. The number of rotatable bonds is 2. The molecule has 0 radical (unpaired) electrons. The molecule has 0 aromatic carbocycles. The van der Waals surface area contributed by atoms with Crippen LogP contribution in [0.4, 0.5) is 0 Å². The molecule has 4 nitrogen and oxygen atoms in total. The molecule has 0 spiro atoms. The highest BCUT2D eigenvalue weighted by Gasteiger charge is 2.38. The van der Waals surface area contributed by atoms with E-state index in [0.29, 0.717) is 12.3 Å². The van der Waals surface area contributed by atoms with Crippen LogP contribution in [0.15, 0.2) is 18.6 Å². The lowest BCUT2D eigenvalue weighted by Gasteiger charge is -2.20. The zero-order chi connectivity index (χ0) is 10.0. The van der Waals surface area contributed by atoms with Crippen LogP contribution in [0, 0.1) is 0 Å². The maximum Gasteiger partial charge on any atom is 0.214 e. The third-order valence-electron chi connectivity index (χ3n) is 2.49. The van der Waals surface area contributed by atoms with Gasteiger partial charge >= 0.3 is 0 Å². The third-order valence-corrected chi connectivity index (χ3v) is 2.49. The summed E-state index contributed by atoms with van der Waals surface area (Å²) in [5, 5.41) is 0. The van der Waals surface area contributed by atoms with E-state index in [9.17, 15) is 4.79 Å². The summed E-state index contributed by atoms with van der Waals surface area (Å²) < 4.78 is 5.44. The van der Waals surface area contributed by atoms with Gasteiger partial charge in [0.15, 0.2) is 0 Å². The maximum absolute atomic E-state index is 11.9. The van der Waals surface area contributed by atoms with Crippen molar-refractivity contribution >= 4 is 5.78 Å². The van der Waals surface area contributed by atoms with E-state index in [1.165, 1.54) is 12.4 Å². The molecule has 0 N–H and O–H groups in total. The summed E-state index contributed by atoms with van der Waals surface area (Å²) in [6, 6.07) is 0. The fourth-order valence-corrected chi connectivity index (χ4v) is 1.65. The Morgan fingerprint density at radius 1 is 1.57 bits per heavy atom. The van der Waals surface area contributed by atoms with Crippen LogP contribution in [0.3, 0.4) is 0 Å². The minimum Gasteiger partial charge on any atom is -0.367 e. The Bertz CT molecular complexity index is 331. The number of nitrogens with zero attached hydrogens (tertiary/aromatic N) is 2. The lowest BCUT2D eigenvalue weighted by molar-refractivity contribution is 0.0208. The Morgan fingerprint density at radius 2 is 2.43 bits per heavy atom. The van der Waals surface area contributed by atoms with Gasteiger partial charge in [0.1, 0.15) is 11.3 Å². The summed E-state index contributed by atoms with van der Waals surface area (Å²) >= 11 is 0. The fourth-order valence-electron chi connectivity index (χ4n) is 1.65. The molecule has 1 fully saturated rings. The summed E-state index contributed by atoms with van der Waals surface area (Å²) in [6.45, 7) is 2.47. The molecule has 4 heteroatoms. The van der Waals surface area contributed by atoms with Gasteiger partial charge in [-0.3, -0.25) is 9.78 Å². The van der Waals surface area contributed by atoms with Crippen molar-refractivity contribution in [3.8, 4) is 0 Å². The van der Waals surface area contributed by atoms with Gasteiger partial charge < -0.3 is 4.74 Å². The minimum absolute atomic E-state index is 0.0666. The Balaban J connectivity index is 2.24. The Kier molecular flexibility index (Phi) is 2.29. The van der Waals surface area contributed by atoms with E-state index in [4.69, 9.17) is 4.74 Å². The van der Waals surface area contributed by atoms with Crippen molar-refractivity contribution in [2.24, 2.45) is 0 Å². The first-order valence-corrected chi connectivity index (χ1v) is 4.67. The Hall–Kier alpha value is -1.29. The number of Topliss-reactive ketones (excluding diaryl/α,β-unsaturated/α-hetero) is 1. The number of hydrogen-bond acceptors (Lipinski definition) is 4. The minimum atomic E-state index is -0.684. The van der Waals surface area contributed by atoms with Gasteiger partial charge in [-0.05, 0) is 19.8 Å². The van der Waals surface area contributed by atoms with E-state index in [2.05, 4.69) is 9.97 Å². The number of hydrogen-bond donors (Lipinski definition) is 0. The first-order valence-electron chi connectivity index (χ1n) is 4.67. The van der Waals surface area contributed by atoms with Gasteiger partial charge in [-0.25, -0.2) is 4.98 Å². The molecule has 1 aliphatic rings. The van der Waals surface area contributed by atoms with Gasteiger partial charge in [-0.1, -0.05) is 0 Å². The molecular weight excluding hydrogens is 180 g/mol. The first kappa shape index (κ1) is 9.27. The highest BCUT2D eigenvalue weighted by atomic mass is 16.5. The highest BCUT2D eigenvalue weighted by Crippen LogP contribution is 2.27. The van der Waals surface area contributed by atoms with Gasteiger partial charge in [-0.2, -0.15) is 0 Å². The van der Waals surface area contributed by atoms with Crippen LogP contribution in [0.25, 0.3) is 0 Å². The van der Waals surface area contributed by atoms with E-state index in [0.717, 1.165) is 12.8 Å². The predicted molar refractivity (Wildman–Crippen MR) is 50.0 cm³/mol. The van der Waals surface area contributed by atoms with Gasteiger partial charge in [0.25, 0.3) is 0 Å². The van der Waals surface area contributed by atoms with Gasteiger partial charge in [-0.15, -0.1) is 0 Å². The second-order valence-corrected chi connectivity index (χ2v) is 3.60. The second kappa shape index (κ2) is 3.46. The number of ether oxygens (including phenoxy) is 1. The normalized spacial score (nSPS) is 26.4. The summed E-state index contributed by atoms with van der Waals surface area (Å²) in [5.41, 5.74) is -0.298.